The number of hydrogen-bond donors (Lipinski definition) is 1. The summed E-state index contributed by atoms with van der Waals surface area (Å²) in [6.45, 7) is 4.43. The van der Waals surface area contributed by atoms with Crippen LogP contribution in [0.1, 0.15) is 18.2 Å². The van der Waals surface area contributed by atoms with Crippen LogP contribution in [0.4, 0.5) is 5.69 Å². The van der Waals surface area contributed by atoms with Crippen LogP contribution >= 0.6 is 11.6 Å². The molecule has 1 aliphatic rings. The fourth-order valence-corrected chi connectivity index (χ4v) is 3.21. The molecule has 3 aromatic rings. The van der Waals surface area contributed by atoms with E-state index in [1.165, 1.54) is 10.7 Å². The van der Waals surface area contributed by atoms with Gasteiger partial charge in [0.1, 0.15) is 16.6 Å². The van der Waals surface area contributed by atoms with Crippen molar-refractivity contribution in [2.75, 3.05) is 11.4 Å². The number of aliphatic hydroxyl groups excluding tert-OH is 1. The lowest BCUT2D eigenvalue weighted by Gasteiger charge is -2.44. The summed E-state index contributed by atoms with van der Waals surface area (Å²) in [5.41, 5.74) is 2.59. The number of aryl methyl sites for hydroxylation is 1. The van der Waals surface area contributed by atoms with E-state index in [-0.39, 0.29) is 24.2 Å². The van der Waals surface area contributed by atoms with Crippen molar-refractivity contribution in [3.05, 3.63) is 57.4 Å². The summed E-state index contributed by atoms with van der Waals surface area (Å²) in [6, 6.07) is 4.98. The molecule has 2 atom stereocenters. The number of anilines is 1. The Morgan fingerprint density at radius 2 is 2.19 bits per heavy atom. The van der Waals surface area contributed by atoms with E-state index in [4.69, 9.17) is 16.1 Å². The molecule has 1 fully saturated rings. The van der Waals surface area contributed by atoms with Crippen LogP contribution in [0.3, 0.4) is 0 Å². The van der Waals surface area contributed by atoms with Crippen LogP contribution in [0.2, 0.25) is 5.15 Å². The van der Waals surface area contributed by atoms with Gasteiger partial charge < -0.3 is 14.5 Å². The Hall–Kier alpha value is -2.71. The van der Waals surface area contributed by atoms with Gasteiger partial charge in [-0.3, -0.25) is 4.79 Å². The zero-order valence-electron chi connectivity index (χ0n) is 14.8. The van der Waals surface area contributed by atoms with Crippen LogP contribution in [-0.2, 0) is 6.54 Å². The van der Waals surface area contributed by atoms with Crippen LogP contribution in [0.5, 0.6) is 0 Å². The first kappa shape index (κ1) is 17.7. The number of halogens is 1. The van der Waals surface area contributed by atoms with Crippen LogP contribution < -0.4 is 10.5 Å². The summed E-state index contributed by atoms with van der Waals surface area (Å²) in [5.74, 6) is 0.609. The molecule has 0 bridgehead atoms. The lowest BCUT2D eigenvalue weighted by molar-refractivity contribution is 0.0993. The highest BCUT2D eigenvalue weighted by atomic mass is 35.5. The molecule has 1 saturated heterocycles. The smallest absolute Gasteiger partial charge is 0.269 e. The number of aromatic nitrogens is 4. The summed E-state index contributed by atoms with van der Waals surface area (Å²) in [6.07, 6.45) is 2.87. The van der Waals surface area contributed by atoms with Crippen LogP contribution in [0.15, 0.2) is 39.9 Å². The maximum atomic E-state index is 12.5. The van der Waals surface area contributed by atoms with Crippen LogP contribution in [0, 0.1) is 6.92 Å². The molecule has 8 nitrogen and oxygen atoms in total. The van der Waals surface area contributed by atoms with Gasteiger partial charge in [0.15, 0.2) is 0 Å². The molecule has 0 saturated carbocycles. The van der Waals surface area contributed by atoms with E-state index in [9.17, 15) is 9.90 Å². The average molecular weight is 388 g/mol. The van der Waals surface area contributed by atoms with Crippen molar-refractivity contribution in [2.45, 2.75) is 32.5 Å². The number of nitrogens with zero attached hydrogens (tertiary/aromatic N) is 5. The Bertz CT molecular complexity index is 1030. The molecular formula is C18H18ClN5O3. The van der Waals surface area contributed by atoms with Crippen LogP contribution in [-0.4, -0.2) is 43.7 Å². The van der Waals surface area contributed by atoms with E-state index < -0.39 is 0 Å². The Kier molecular flexibility index (Phi) is 4.45. The molecule has 0 amide bonds. The summed E-state index contributed by atoms with van der Waals surface area (Å²) in [4.78, 5) is 18.5. The van der Waals surface area contributed by atoms with Crippen LogP contribution in [0.25, 0.3) is 11.3 Å². The number of pyridine rings is 1. The summed E-state index contributed by atoms with van der Waals surface area (Å²) >= 11 is 5.84. The van der Waals surface area contributed by atoms with E-state index >= 15 is 0 Å². The second-order valence-corrected chi connectivity index (χ2v) is 6.99. The number of hydrogen-bond acceptors (Lipinski definition) is 7. The molecule has 27 heavy (non-hydrogen) atoms. The Morgan fingerprint density at radius 3 is 2.81 bits per heavy atom. The molecule has 4 heterocycles. The molecular weight excluding hydrogens is 370 g/mol. The molecule has 0 radical (unpaired) electrons. The summed E-state index contributed by atoms with van der Waals surface area (Å²) in [7, 11) is 0. The molecule has 1 N–H and O–H groups in total. The van der Waals surface area contributed by atoms with Gasteiger partial charge in [0.05, 0.1) is 30.6 Å². The quantitative estimate of drug-likeness (QED) is 0.682. The van der Waals surface area contributed by atoms with Gasteiger partial charge in [-0.05, 0) is 26.0 Å². The van der Waals surface area contributed by atoms with Crippen molar-refractivity contribution in [2.24, 2.45) is 0 Å². The third-order valence-corrected chi connectivity index (χ3v) is 5.14. The molecule has 9 heteroatoms. The van der Waals surface area contributed by atoms with E-state index in [0.717, 1.165) is 11.1 Å². The highest BCUT2D eigenvalue weighted by molar-refractivity contribution is 6.29. The monoisotopic (exact) mass is 387 g/mol. The van der Waals surface area contributed by atoms with Gasteiger partial charge in [-0.15, -0.1) is 0 Å². The molecule has 140 valence electrons. The minimum absolute atomic E-state index is 0.0219. The lowest BCUT2D eigenvalue weighted by Crippen LogP contribution is -2.59. The highest BCUT2D eigenvalue weighted by Gasteiger charge is 2.34. The maximum absolute atomic E-state index is 12.5. The molecule has 0 aromatic carbocycles. The van der Waals surface area contributed by atoms with Gasteiger partial charge in [0, 0.05) is 29.9 Å². The lowest BCUT2D eigenvalue weighted by atomic mass is 10.0. The minimum atomic E-state index is -0.373. The summed E-state index contributed by atoms with van der Waals surface area (Å²) < 4.78 is 6.67. The Balaban J connectivity index is 1.62. The first-order valence-electron chi connectivity index (χ1n) is 8.53. The van der Waals surface area contributed by atoms with E-state index in [1.807, 2.05) is 11.8 Å². The third kappa shape index (κ3) is 3.22. The first-order chi connectivity index (χ1) is 12.9. The Labute approximate surface area is 160 Å². The van der Waals surface area contributed by atoms with Gasteiger partial charge >= 0.3 is 0 Å². The Morgan fingerprint density at radius 1 is 1.37 bits per heavy atom. The fourth-order valence-electron chi connectivity index (χ4n) is 3.10. The second kappa shape index (κ2) is 6.79. The standard InChI is InChI=1S/C18H18ClN5O3/c1-10-15(25)9-23(10)13-5-17(26)24(21-7-13)8-14-11(2)27-22-18(14)12-3-4-16(19)20-6-12/h3-7,10,15,25H,8-9H2,1-2H3/t10-,15-/m1/s1. The molecule has 4 rings (SSSR count). The number of rotatable bonds is 4. The van der Waals surface area contributed by atoms with Gasteiger partial charge in [-0.1, -0.05) is 16.8 Å². The molecule has 0 aliphatic carbocycles. The van der Waals surface area contributed by atoms with E-state index in [1.54, 1.807) is 31.5 Å². The summed E-state index contributed by atoms with van der Waals surface area (Å²) in [5, 5.41) is 18.4. The van der Waals surface area contributed by atoms with Crippen molar-refractivity contribution in [1.82, 2.24) is 19.9 Å². The van der Waals surface area contributed by atoms with E-state index in [0.29, 0.717) is 28.8 Å². The van der Waals surface area contributed by atoms with Gasteiger partial charge in [0.25, 0.3) is 5.56 Å². The predicted octanol–water partition coefficient (Wildman–Crippen LogP) is 1.87. The average Bonchev–Trinajstić information content (AvgIpc) is 3.02. The molecule has 0 spiro atoms. The van der Waals surface area contributed by atoms with Gasteiger partial charge in [-0.2, -0.15) is 5.10 Å². The van der Waals surface area contributed by atoms with Gasteiger partial charge in [0.2, 0.25) is 0 Å². The largest absolute Gasteiger partial charge is 0.389 e. The first-order valence-corrected chi connectivity index (χ1v) is 8.91. The fraction of sp³-hybridized carbons (Fsp3) is 0.333. The van der Waals surface area contributed by atoms with Crippen molar-refractivity contribution < 1.29 is 9.63 Å². The minimum Gasteiger partial charge on any atom is -0.389 e. The second-order valence-electron chi connectivity index (χ2n) is 6.61. The zero-order chi connectivity index (χ0) is 19.1. The highest BCUT2D eigenvalue weighted by Crippen LogP contribution is 2.27. The van der Waals surface area contributed by atoms with E-state index in [2.05, 4.69) is 15.2 Å². The normalized spacial score (nSPS) is 19.2. The molecule has 0 unspecified atom stereocenters. The van der Waals surface area contributed by atoms with Crippen molar-refractivity contribution in [1.29, 1.82) is 0 Å². The third-order valence-electron chi connectivity index (χ3n) is 4.91. The van der Waals surface area contributed by atoms with Crippen molar-refractivity contribution >= 4 is 17.3 Å². The molecule has 3 aromatic heterocycles. The van der Waals surface area contributed by atoms with Gasteiger partial charge in [-0.25, -0.2) is 9.67 Å². The zero-order valence-corrected chi connectivity index (χ0v) is 15.6. The number of aliphatic hydroxyl groups is 1. The topological polar surface area (TPSA) is 97.3 Å². The predicted molar refractivity (Wildman–Crippen MR) is 99.9 cm³/mol. The molecule has 1 aliphatic heterocycles. The van der Waals surface area contributed by atoms with Crippen molar-refractivity contribution in [3.63, 3.8) is 0 Å². The van der Waals surface area contributed by atoms with Crippen molar-refractivity contribution in [3.8, 4) is 11.3 Å². The SMILES string of the molecule is Cc1onc(-c2ccc(Cl)nc2)c1Cn1ncc(N2C[C@@H](O)[C@H]2C)cc1=O. The maximum Gasteiger partial charge on any atom is 0.269 e. The number of β-amino-alcohol motifs (C(OH)–C–C–N with tert-alkyl or cyclic N) is 1.